The molecular weight excluding hydrogens is 566 g/mol. The number of oxazole rings is 1. The smallest absolute Gasteiger partial charge is 0.307 e. The third-order valence-electron chi connectivity index (χ3n) is 8.53. The van der Waals surface area contributed by atoms with E-state index in [4.69, 9.17) is 9.40 Å². The zero-order valence-electron chi connectivity index (χ0n) is 24.8. The van der Waals surface area contributed by atoms with Gasteiger partial charge in [0.1, 0.15) is 17.1 Å². The molecule has 1 saturated heterocycles. The number of pyridine rings is 1. The number of nitrogens with zero attached hydrogens (tertiary/aromatic N) is 6. The van der Waals surface area contributed by atoms with Crippen molar-refractivity contribution in [3.05, 3.63) is 95.4 Å². The lowest BCUT2D eigenvalue weighted by atomic mass is 9.93. The number of carboxylic acids is 1. The van der Waals surface area contributed by atoms with Gasteiger partial charge in [0.05, 0.1) is 17.0 Å². The van der Waals surface area contributed by atoms with Crippen LogP contribution in [0.4, 0.5) is 11.5 Å². The van der Waals surface area contributed by atoms with E-state index in [1.807, 2.05) is 49.4 Å². The number of hydrogen-bond donors (Lipinski definition) is 2. The monoisotopic (exact) mass is 595 g/mol. The molecule has 1 aliphatic heterocycles. The fourth-order valence-electron chi connectivity index (χ4n) is 6.15. The van der Waals surface area contributed by atoms with Crippen molar-refractivity contribution < 1.29 is 14.3 Å². The van der Waals surface area contributed by atoms with E-state index in [1.54, 1.807) is 18.6 Å². The van der Waals surface area contributed by atoms with Crippen LogP contribution in [-0.4, -0.2) is 49.0 Å². The van der Waals surface area contributed by atoms with Gasteiger partial charge in [-0.2, -0.15) is 5.26 Å². The first-order valence-electron chi connectivity index (χ1n) is 14.7. The van der Waals surface area contributed by atoms with Crippen molar-refractivity contribution in [1.82, 2.24) is 24.8 Å². The lowest BCUT2D eigenvalue weighted by Gasteiger charge is -2.16. The Bertz CT molecular complexity index is 2140. The minimum Gasteiger partial charge on any atom is -0.481 e. The molecule has 6 aromatic rings. The van der Waals surface area contributed by atoms with E-state index in [-0.39, 0.29) is 5.92 Å². The summed E-state index contributed by atoms with van der Waals surface area (Å²) in [5, 5.41) is 22.8. The molecule has 7 rings (SSSR count). The van der Waals surface area contributed by atoms with E-state index >= 15 is 0 Å². The summed E-state index contributed by atoms with van der Waals surface area (Å²) < 4.78 is 6.24. The van der Waals surface area contributed by atoms with Gasteiger partial charge in [-0.05, 0) is 85.0 Å². The minimum atomic E-state index is -0.765. The highest BCUT2D eigenvalue weighted by atomic mass is 16.4. The van der Waals surface area contributed by atoms with Gasteiger partial charge in [-0.3, -0.25) is 14.7 Å². The Hall–Kier alpha value is -5.66. The predicted octanol–water partition coefficient (Wildman–Crippen LogP) is 6.64. The molecule has 10 heteroatoms. The molecule has 0 spiro atoms. The Morgan fingerprint density at radius 1 is 1.00 bits per heavy atom. The maximum Gasteiger partial charge on any atom is 0.307 e. The summed E-state index contributed by atoms with van der Waals surface area (Å²) in [6.07, 6.45) is 5.66. The van der Waals surface area contributed by atoms with E-state index in [1.165, 1.54) is 0 Å². The van der Waals surface area contributed by atoms with E-state index < -0.39 is 5.97 Å². The maximum absolute atomic E-state index is 11.4. The second-order valence-corrected chi connectivity index (χ2v) is 11.3. The molecule has 2 N–H and O–H groups in total. The molecule has 222 valence electrons. The molecule has 0 bridgehead atoms. The Morgan fingerprint density at radius 2 is 1.78 bits per heavy atom. The minimum absolute atomic E-state index is 0.359. The number of benzene rings is 3. The van der Waals surface area contributed by atoms with Crippen LogP contribution in [0.3, 0.4) is 0 Å². The van der Waals surface area contributed by atoms with Gasteiger partial charge in [0.2, 0.25) is 5.89 Å². The number of aromatic nitrogens is 4. The molecule has 3 aromatic heterocycles. The summed E-state index contributed by atoms with van der Waals surface area (Å²) in [6, 6.07) is 20.0. The first-order valence-corrected chi connectivity index (χ1v) is 14.7. The summed E-state index contributed by atoms with van der Waals surface area (Å²) in [6.45, 7) is 5.86. The number of nitrogens with one attached hydrogen (secondary N) is 1. The number of aliphatic carboxylic acids is 1. The van der Waals surface area contributed by atoms with Crippen LogP contribution >= 0.6 is 0 Å². The van der Waals surface area contributed by atoms with Gasteiger partial charge >= 0.3 is 5.97 Å². The molecule has 4 heterocycles. The van der Waals surface area contributed by atoms with Crippen molar-refractivity contribution in [2.45, 2.75) is 26.8 Å². The van der Waals surface area contributed by atoms with Gasteiger partial charge in [0.25, 0.3) is 0 Å². The van der Waals surface area contributed by atoms with Crippen molar-refractivity contribution in [3.8, 4) is 28.7 Å². The fourth-order valence-corrected chi connectivity index (χ4v) is 6.15. The van der Waals surface area contributed by atoms with Gasteiger partial charge < -0.3 is 14.8 Å². The van der Waals surface area contributed by atoms with Gasteiger partial charge in [-0.15, -0.1) is 0 Å². The quantitative estimate of drug-likeness (QED) is 0.206. The third-order valence-corrected chi connectivity index (χ3v) is 8.53. The molecule has 1 atom stereocenters. The Balaban J connectivity index is 1.22. The Kier molecular flexibility index (Phi) is 7.16. The number of carbonyl (C=O) groups is 1. The van der Waals surface area contributed by atoms with Crippen LogP contribution in [0, 0.1) is 31.1 Å². The number of anilines is 2. The summed E-state index contributed by atoms with van der Waals surface area (Å²) in [5.74, 6) is -0.0471. The van der Waals surface area contributed by atoms with Gasteiger partial charge in [-0.1, -0.05) is 24.3 Å². The first kappa shape index (κ1) is 28.1. The first-order chi connectivity index (χ1) is 21.9. The summed E-state index contributed by atoms with van der Waals surface area (Å²) in [4.78, 5) is 31.7. The van der Waals surface area contributed by atoms with Gasteiger partial charge in [-0.25, -0.2) is 15.0 Å². The molecule has 1 aliphatic rings. The Morgan fingerprint density at radius 3 is 2.58 bits per heavy atom. The van der Waals surface area contributed by atoms with Crippen molar-refractivity contribution in [1.29, 1.82) is 5.26 Å². The molecule has 0 saturated carbocycles. The van der Waals surface area contributed by atoms with Crippen molar-refractivity contribution >= 4 is 39.6 Å². The topological polar surface area (TPSA) is 141 Å². The molecular formula is C35H29N7O3. The second kappa shape index (κ2) is 11.4. The van der Waals surface area contributed by atoms with Crippen LogP contribution in [-0.2, 0) is 11.3 Å². The summed E-state index contributed by atoms with van der Waals surface area (Å²) in [5.41, 5.74) is 9.68. The zero-order valence-corrected chi connectivity index (χ0v) is 24.8. The summed E-state index contributed by atoms with van der Waals surface area (Å²) in [7, 11) is 0. The molecule has 10 nitrogen and oxygen atoms in total. The van der Waals surface area contributed by atoms with E-state index in [9.17, 15) is 15.2 Å². The lowest BCUT2D eigenvalue weighted by molar-refractivity contribution is -0.141. The van der Waals surface area contributed by atoms with Crippen LogP contribution in [0.1, 0.15) is 28.7 Å². The number of rotatable bonds is 7. The molecule has 0 aliphatic carbocycles. The van der Waals surface area contributed by atoms with Crippen molar-refractivity contribution in [2.24, 2.45) is 5.92 Å². The van der Waals surface area contributed by atoms with Gasteiger partial charge in [0, 0.05) is 42.9 Å². The molecule has 1 unspecified atom stereocenters. The average Bonchev–Trinajstić information content (AvgIpc) is 3.70. The number of carboxylic acid groups (broad SMARTS) is 1. The fraction of sp³-hybridized carbons (Fsp3) is 0.200. The van der Waals surface area contributed by atoms with Gasteiger partial charge in [0.15, 0.2) is 11.4 Å². The molecule has 3 aromatic carbocycles. The highest BCUT2D eigenvalue weighted by Crippen LogP contribution is 2.37. The van der Waals surface area contributed by atoms with Crippen molar-refractivity contribution in [2.75, 3.05) is 18.4 Å². The molecule has 45 heavy (non-hydrogen) atoms. The van der Waals surface area contributed by atoms with Crippen LogP contribution in [0.15, 0.2) is 77.6 Å². The van der Waals surface area contributed by atoms with Crippen molar-refractivity contribution in [3.63, 3.8) is 0 Å². The zero-order chi connectivity index (χ0) is 31.1. The van der Waals surface area contributed by atoms with Crippen LogP contribution in [0.2, 0.25) is 0 Å². The molecule has 1 fully saturated rings. The highest BCUT2D eigenvalue weighted by Gasteiger charge is 2.28. The Labute approximate surface area is 259 Å². The number of likely N-dealkylation sites (tertiary alicyclic amines) is 1. The van der Waals surface area contributed by atoms with Crippen LogP contribution in [0.25, 0.3) is 44.7 Å². The normalized spacial score (nSPS) is 15.0. The molecule has 0 radical (unpaired) electrons. The van der Waals surface area contributed by atoms with E-state index in [0.717, 1.165) is 44.6 Å². The summed E-state index contributed by atoms with van der Waals surface area (Å²) >= 11 is 0. The predicted molar refractivity (Wildman–Crippen MR) is 171 cm³/mol. The second-order valence-electron chi connectivity index (χ2n) is 11.3. The van der Waals surface area contributed by atoms with E-state index in [2.05, 4.69) is 50.3 Å². The van der Waals surface area contributed by atoms with Crippen LogP contribution < -0.4 is 5.32 Å². The average molecular weight is 596 g/mol. The van der Waals surface area contributed by atoms with Crippen LogP contribution in [0.5, 0.6) is 0 Å². The standard InChI is InChI=1S/C35H29N7O3/c1-20-25(26-6-4-8-28(21(26)2)40-33-31-29(9-11-39-33)37-12-13-38-31)5-3-7-27(20)34-41-30-16-22(15-24(17-36)32(30)45-34)18-42-14-10-23(19-42)35(43)44/h3-9,11-13,15-16,23H,10,14,18-19H2,1-2H3,(H,39,40)(H,43,44). The highest BCUT2D eigenvalue weighted by molar-refractivity contribution is 5.89. The number of hydrogen-bond acceptors (Lipinski definition) is 9. The van der Waals surface area contributed by atoms with E-state index in [0.29, 0.717) is 59.9 Å². The third kappa shape index (κ3) is 5.24. The number of nitriles is 1. The molecule has 0 amide bonds. The largest absolute Gasteiger partial charge is 0.481 e. The maximum atomic E-state index is 11.4. The SMILES string of the molecule is Cc1c(Nc2nccc3nccnc23)cccc1-c1cccc(-c2nc3cc(CN4CCC(C(=O)O)C4)cc(C#N)c3o2)c1C. The lowest BCUT2D eigenvalue weighted by Crippen LogP contribution is -2.22. The number of fused-ring (bicyclic) bond motifs is 2.